The van der Waals surface area contributed by atoms with Gasteiger partial charge in [-0.25, -0.2) is 0 Å². The van der Waals surface area contributed by atoms with Crippen LogP contribution < -0.4 is 0 Å². The number of fused-ring (bicyclic) bond motifs is 4. The van der Waals surface area contributed by atoms with Gasteiger partial charge in [-0.05, 0) is 107 Å². The van der Waals surface area contributed by atoms with Crippen LogP contribution in [0.2, 0.25) is 0 Å². The zero-order valence-electron chi connectivity index (χ0n) is 29.0. The molecule has 0 fully saturated rings. The van der Waals surface area contributed by atoms with Gasteiger partial charge in [-0.2, -0.15) is 0 Å². The van der Waals surface area contributed by atoms with Crippen molar-refractivity contribution in [1.82, 2.24) is 4.90 Å². The molecule has 4 aliphatic rings. The van der Waals surface area contributed by atoms with Crippen LogP contribution in [-0.4, -0.2) is 16.5 Å². The van der Waals surface area contributed by atoms with Crippen molar-refractivity contribution in [3.63, 3.8) is 0 Å². The van der Waals surface area contributed by atoms with Crippen LogP contribution in [0.5, 0.6) is 0 Å². The molecule has 1 aromatic heterocycles. The lowest BCUT2D eigenvalue weighted by molar-refractivity contribution is 0.151. The summed E-state index contributed by atoms with van der Waals surface area (Å²) in [5.74, 6) is 0.550. The lowest BCUT2D eigenvalue weighted by Crippen LogP contribution is -2.50. The minimum absolute atomic E-state index is 0.0769. The first-order chi connectivity index (χ1) is 24.5. The summed E-state index contributed by atoms with van der Waals surface area (Å²) in [6.45, 7) is 4.77. The quantitative estimate of drug-likeness (QED) is 0.174. The van der Waals surface area contributed by atoms with Crippen LogP contribution in [-0.2, 0) is 0 Å². The first-order valence-electron chi connectivity index (χ1n) is 18.3. The molecule has 0 bridgehead atoms. The molecule has 3 unspecified atom stereocenters. The normalized spacial score (nSPS) is 23.2. The van der Waals surface area contributed by atoms with Gasteiger partial charge in [-0.3, -0.25) is 0 Å². The van der Waals surface area contributed by atoms with Crippen molar-refractivity contribution in [2.24, 2.45) is 5.92 Å². The zero-order chi connectivity index (χ0) is 33.7. The molecule has 0 spiro atoms. The van der Waals surface area contributed by atoms with Crippen molar-refractivity contribution < 1.29 is 0 Å². The van der Waals surface area contributed by atoms with E-state index < -0.39 is 0 Å². The summed E-state index contributed by atoms with van der Waals surface area (Å²) < 4.78 is 2.70. The Bertz CT molecular complexity index is 2400. The second kappa shape index (κ2) is 12.8. The fraction of sp³-hybridized carbons (Fsp3) is 0.208. The largest absolute Gasteiger partial charge is 0.359 e. The Labute approximate surface area is 300 Å². The number of hydrogen-bond donors (Lipinski definition) is 0. The van der Waals surface area contributed by atoms with E-state index in [2.05, 4.69) is 171 Å². The van der Waals surface area contributed by atoms with E-state index in [1.165, 1.54) is 70.1 Å². The summed E-state index contributed by atoms with van der Waals surface area (Å²) >= 11 is 1.91. The third-order valence-electron chi connectivity index (χ3n) is 11.2. The molecule has 3 atom stereocenters. The lowest BCUT2D eigenvalue weighted by Gasteiger charge is -2.48. The molecule has 0 saturated carbocycles. The molecule has 1 heterocycles. The maximum absolute atomic E-state index is 2.73. The van der Waals surface area contributed by atoms with Crippen LogP contribution in [0.1, 0.15) is 51.5 Å². The first-order valence-corrected chi connectivity index (χ1v) is 19.1. The van der Waals surface area contributed by atoms with E-state index in [0.29, 0.717) is 12.0 Å². The summed E-state index contributed by atoms with van der Waals surface area (Å²) in [5.41, 5.74) is 9.45. The number of rotatable bonds is 6. The Hall–Kier alpha value is -4.92. The maximum atomic E-state index is 2.73. The highest BCUT2D eigenvalue weighted by atomic mass is 32.1. The summed E-state index contributed by atoms with van der Waals surface area (Å²) in [7, 11) is 0. The molecule has 4 aromatic carbocycles. The second-order valence-corrected chi connectivity index (χ2v) is 15.8. The van der Waals surface area contributed by atoms with Gasteiger partial charge < -0.3 is 4.90 Å². The third-order valence-corrected chi connectivity index (χ3v) is 12.3. The van der Waals surface area contributed by atoms with Gasteiger partial charge in [0.2, 0.25) is 0 Å². The first kappa shape index (κ1) is 31.1. The Morgan fingerprint density at radius 3 is 2.34 bits per heavy atom. The predicted octanol–water partition coefficient (Wildman–Crippen LogP) is 13.3. The van der Waals surface area contributed by atoms with Gasteiger partial charge in [0.15, 0.2) is 0 Å². The maximum Gasteiger partial charge on any atom is 0.0597 e. The van der Waals surface area contributed by atoms with Crippen LogP contribution in [0.15, 0.2) is 169 Å². The average Bonchev–Trinajstić information content (AvgIpc) is 3.53. The highest BCUT2D eigenvalue weighted by Crippen LogP contribution is 2.42. The number of hydrogen-bond acceptors (Lipinski definition) is 2. The molecule has 1 nitrogen and oxygen atoms in total. The van der Waals surface area contributed by atoms with Gasteiger partial charge >= 0.3 is 0 Å². The van der Waals surface area contributed by atoms with Crippen molar-refractivity contribution >= 4 is 47.9 Å². The Balaban J connectivity index is 0.995. The fourth-order valence-electron chi connectivity index (χ4n) is 8.52. The summed E-state index contributed by atoms with van der Waals surface area (Å²) in [6, 6.07) is 29.7. The van der Waals surface area contributed by atoms with E-state index >= 15 is 0 Å². The molecular formula is C48H43NS. The van der Waals surface area contributed by atoms with Gasteiger partial charge in [0.1, 0.15) is 0 Å². The molecule has 246 valence electrons. The van der Waals surface area contributed by atoms with Crippen LogP contribution in [0, 0.1) is 5.92 Å². The number of nitrogens with zero attached hydrogens (tertiary/aromatic N) is 1. The molecule has 0 radical (unpaired) electrons. The standard InChI is InChI=1S/C48H43NS/c1-33-10-8-15-41(30-33)49(48(2)28-26-36(27-29-48)34-11-4-3-5-12-34)40-22-18-35(19-23-40)38-20-24-44-45-25-21-39(32-47(45)50-46(44)31-38)43-17-9-14-37-13-6-7-16-42(37)43/h3-4,6-11,13-22,24-28,31-33,40H,5,12,23,29-30H2,1-2H3. The molecule has 0 aliphatic heterocycles. The lowest BCUT2D eigenvalue weighted by atomic mass is 9.82. The smallest absolute Gasteiger partial charge is 0.0597 e. The van der Waals surface area contributed by atoms with Crippen molar-refractivity contribution in [1.29, 1.82) is 0 Å². The third kappa shape index (κ3) is 5.66. The Morgan fingerprint density at radius 1 is 0.760 bits per heavy atom. The molecular weight excluding hydrogens is 623 g/mol. The monoisotopic (exact) mass is 665 g/mol. The van der Waals surface area contributed by atoms with Crippen molar-refractivity contribution in [2.75, 3.05) is 0 Å². The van der Waals surface area contributed by atoms with Crippen LogP contribution in [0.4, 0.5) is 0 Å². The molecule has 0 amide bonds. The topological polar surface area (TPSA) is 3.24 Å². The summed E-state index contributed by atoms with van der Waals surface area (Å²) in [5, 5.41) is 5.28. The minimum Gasteiger partial charge on any atom is -0.359 e. The molecule has 50 heavy (non-hydrogen) atoms. The van der Waals surface area contributed by atoms with Crippen molar-refractivity contribution in [3.8, 4) is 11.1 Å². The predicted molar refractivity (Wildman–Crippen MR) is 217 cm³/mol. The molecule has 9 rings (SSSR count). The molecule has 2 heteroatoms. The van der Waals surface area contributed by atoms with E-state index in [1.807, 2.05) is 11.3 Å². The highest BCUT2D eigenvalue weighted by molar-refractivity contribution is 7.25. The molecule has 0 saturated heterocycles. The average molecular weight is 666 g/mol. The molecule has 4 aliphatic carbocycles. The second-order valence-electron chi connectivity index (χ2n) is 14.7. The number of thiophene rings is 1. The van der Waals surface area contributed by atoms with Crippen LogP contribution >= 0.6 is 11.3 Å². The number of allylic oxidation sites excluding steroid dienone is 12. The SMILES string of the molecule is CC1C=CC=C(N(C2C=CC(c3ccc4c(c3)sc3cc(-c5cccc6ccccc56)ccc34)=CC2)C2(C)C=CC(C3=CC=CCC3)=CC2)C1. The molecule has 0 N–H and O–H groups in total. The van der Waals surface area contributed by atoms with E-state index in [9.17, 15) is 0 Å². The van der Waals surface area contributed by atoms with E-state index in [0.717, 1.165) is 32.1 Å². The van der Waals surface area contributed by atoms with E-state index in [1.54, 1.807) is 0 Å². The van der Waals surface area contributed by atoms with Gasteiger partial charge in [0.25, 0.3) is 0 Å². The van der Waals surface area contributed by atoms with E-state index in [4.69, 9.17) is 0 Å². The van der Waals surface area contributed by atoms with E-state index in [-0.39, 0.29) is 5.54 Å². The Kier molecular flexibility index (Phi) is 7.93. The van der Waals surface area contributed by atoms with Crippen molar-refractivity contribution in [3.05, 3.63) is 174 Å². The van der Waals surface area contributed by atoms with Gasteiger partial charge in [0.05, 0.1) is 11.6 Å². The van der Waals surface area contributed by atoms with Crippen LogP contribution in [0.25, 0.3) is 47.6 Å². The van der Waals surface area contributed by atoms with Crippen LogP contribution in [0.3, 0.4) is 0 Å². The molecule has 5 aromatic rings. The zero-order valence-corrected chi connectivity index (χ0v) is 29.8. The fourth-order valence-corrected chi connectivity index (χ4v) is 9.70. The van der Waals surface area contributed by atoms with Gasteiger partial charge in [-0.15, -0.1) is 11.3 Å². The minimum atomic E-state index is -0.0769. The number of benzene rings is 4. The summed E-state index contributed by atoms with van der Waals surface area (Å²) in [4.78, 5) is 2.73. The highest BCUT2D eigenvalue weighted by Gasteiger charge is 2.36. The van der Waals surface area contributed by atoms with Gasteiger partial charge in [-0.1, -0.05) is 140 Å². The Morgan fingerprint density at radius 2 is 1.58 bits per heavy atom. The van der Waals surface area contributed by atoms with Crippen molar-refractivity contribution in [2.45, 2.75) is 57.5 Å². The summed E-state index contributed by atoms with van der Waals surface area (Å²) in [6.07, 6.45) is 33.8. The van der Waals surface area contributed by atoms with Gasteiger partial charge in [0, 0.05) is 25.9 Å².